The van der Waals surface area contributed by atoms with E-state index in [0.717, 1.165) is 23.2 Å². The van der Waals surface area contributed by atoms with E-state index in [0.29, 0.717) is 22.3 Å². The van der Waals surface area contributed by atoms with Crippen LogP contribution in [0.4, 0.5) is 11.4 Å². The number of sulfonamides is 1. The molecule has 1 aliphatic heterocycles. The fourth-order valence-corrected chi connectivity index (χ4v) is 5.18. The molecular weight excluding hydrogens is 512 g/mol. The Bertz CT molecular complexity index is 1550. The number of furan rings is 1. The van der Waals surface area contributed by atoms with Gasteiger partial charge >= 0.3 is 5.97 Å². The highest BCUT2D eigenvalue weighted by molar-refractivity contribution is 7.92. The fraction of sp³-hybridized carbons (Fsp3) is 0.115. The molecule has 2 atom stereocenters. The van der Waals surface area contributed by atoms with E-state index in [4.69, 9.17) is 16.6 Å². The second kappa shape index (κ2) is 9.68. The lowest BCUT2D eigenvalue weighted by atomic mass is 10.0. The van der Waals surface area contributed by atoms with Crippen LogP contribution in [-0.2, 0) is 10.0 Å². The summed E-state index contributed by atoms with van der Waals surface area (Å²) in [6.45, 7) is 0. The number of carboxylic acids is 1. The average molecular weight is 535 g/mol. The van der Waals surface area contributed by atoms with Crippen LogP contribution >= 0.6 is 12.2 Å². The van der Waals surface area contributed by atoms with Crippen molar-refractivity contribution in [3.05, 3.63) is 102 Å². The quantitative estimate of drug-likeness (QED) is 0.292. The number of nitrogens with zero attached hydrogens (tertiary/aromatic N) is 2. The molecule has 0 aliphatic carbocycles. The molecule has 0 spiro atoms. The van der Waals surface area contributed by atoms with Crippen molar-refractivity contribution in [2.75, 3.05) is 15.9 Å². The zero-order valence-electron chi connectivity index (χ0n) is 19.5. The van der Waals surface area contributed by atoms with Crippen molar-refractivity contribution in [3.63, 3.8) is 0 Å². The predicted octanol–water partition coefficient (Wildman–Crippen LogP) is 4.59. The molecule has 0 saturated carbocycles. The molecule has 3 heterocycles. The maximum atomic E-state index is 11.6. The number of aromatic carboxylic acids is 1. The number of thiocarbonyl (C=S) groups is 1. The van der Waals surface area contributed by atoms with Crippen LogP contribution in [0.1, 0.15) is 33.9 Å². The summed E-state index contributed by atoms with van der Waals surface area (Å²) < 4.78 is 31.9. The summed E-state index contributed by atoms with van der Waals surface area (Å²) in [6.07, 6.45) is 2.81. The third-order valence-corrected chi connectivity index (χ3v) is 6.80. The second-order valence-corrected chi connectivity index (χ2v) is 10.6. The minimum Gasteiger partial charge on any atom is -0.478 e. The van der Waals surface area contributed by atoms with E-state index in [1.54, 1.807) is 42.6 Å². The molecule has 0 unspecified atom stereocenters. The largest absolute Gasteiger partial charge is 0.478 e. The first-order valence-corrected chi connectivity index (χ1v) is 13.5. The van der Waals surface area contributed by atoms with Crippen molar-refractivity contribution in [1.82, 2.24) is 10.3 Å². The zero-order chi connectivity index (χ0) is 26.2. The van der Waals surface area contributed by atoms with Gasteiger partial charge in [-0.2, -0.15) is 0 Å². The molecular formula is C26H22N4O5S2. The highest BCUT2D eigenvalue weighted by atomic mass is 32.2. The van der Waals surface area contributed by atoms with Gasteiger partial charge in [0.15, 0.2) is 5.11 Å². The van der Waals surface area contributed by atoms with Gasteiger partial charge in [0.25, 0.3) is 0 Å². The first-order valence-electron chi connectivity index (χ1n) is 11.2. The van der Waals surface area contributed by atoms with Gasteiger partial charge in [-0.15, -0.1) is 0 Å². The number of carboxylic acid groups (broad SMARTS) is 1. The number of benzene rings is 2. The van der Waals surface area contributed by atoms with Gasteiger partial charge in [-0.05, 0) is 72.9 Å². The van der Waals surface area contributed by atoms with Crippen molar-refractivity contribution >= 4 is 44.7 Å². The Labute approximate surface area is 218 Å². The van der Waals surface area contributed by atoms with Crippen LogP contribution in [0, 0.1) is 0 Å². The number of rotatable bonds is 7. The Morgan fingerprint density at radius 1 is 1.05 bits per heavy atom. The van der Waals surface area contributed by atoms with Crippen molar-refractivity contribution in [2.45, 2.75) is 12.1 Å². The smallest absolute Gasteiger partial charge is 0.335 e. The van der Waals surface area contributed by atoms with Gasteiger partial charge in [-0.25, -0.2) is 13.2 Å². The van der Waals surface area contributed by atoms with Crippen LogP contribution in [0.5, 0.6) is 0 Å². The number of anilines is 2. The van der Waals surface area contributed by atoms with Crippen molar-refractivity contribution < 1.29 is 22.7 Å². The maximum absolute atomic E-state index is 11.6. The van der Waals surface area contributed by atoms with Gasteiger partial charge in [0.05, 0.1) is 23.6 Å². The predicted molar refractivity (Wildman–Crippen MR) is 144 cm³/mol. The highest BCUT2D eigenvalue weighted by Crippen LogP contribution is 2.43. The fourth-order valence-electron chi connectivity index (χ4n) is 4.27. The van der Waals surface area contributed by atoms with Crippen LogP contribution in [0.3, 0.4) is 0 Å². The first-order chi connectivity index (χ1) is 17.7. The number of carbonyl (C=O) groups is 1. The molecule has 2 aromatic heterocycles. The van der Waals surface area contributed by atoms with Crippen LogP contribution in [0.2, 0.25) is 0 Å². The summed E-state index contributed by atoms with van der Waals surface area (Å²) in [4.78, 5) is 17.6. The molecule has 188 valence electrons. The third kappa shape index (κ3) is 5.18. The van der Waals surface area contributed by atoms with E-state index in [1.807, 2.05) is 35.2 Å². The molecule has 2 aromatic carbocycles. The van der Waals surface area contributed by atoms with Crippen LogP contribution < -0.4 is 14.9 Å². The van der Waals surface area contributed by atoms with Gasteiger partial charge in [0.2, 0.25) is 10.0 Å². The van der Waals surface area contributed by atoms with Gasteiger partial charge in [0, 0.05) is 23.1 Å². The number of pyridine rings is 1. The SMILES string of the molecule is CS(=O)(=O)Nc1ccc(N2C(=S)N[C@@H](c3ccccn3)[C@H]2c2ccc(-c3ccc(C(=O)O)cc3)o2)cc1. The summed E-state index contributed by atoms with van der Waals surface area (Å²) >= 11 is 5.71. The average Bonchev–Trinajstić information content (AvgIpc) is 3.49. The van der Waals surface area contributed by atoms with Crippen molar-refractivity contribution in [1.29, 1.82) is 0 Å². The third-order valence-electron chi connectivity index (χ3n) is 5.88. The van der Waals surface area contributed by atoms with E-state index >= 15 is 0 Å². The minimum atomic E-state index is -3.41. The molecule has 3 N–H and O–H groups in total. The minimum absolute atomic E-state index is 0.191. The summed E-state index contributed by atoms with van der Waals surface area (Å²) in [5.74, 6) is 0.208. The van der Waals surface area contributed by atoms with E-state index < -0.39 is 22.0 Å². The van der Waals surface area contributed by atoms with Crippen molar-refractivity contribution in [3.8, 4) is 11.3 Å². The van der Waals surface area contributed by atoms with Gasteiger partial charge in [-0.3, -0.25) is 9.71 Å². The molecule has 9 nitrogen and oxygen atoms in total. The Morgan fingerprint density at radius 3 is 2.41 bits per heavy atom. The van der Waals surface area contributed by atoms with E-state index in [9.17, 15) is 18.3 Å². The number of hydrogen-bond acceptors (Lipinski definition) is 6. The lowest BCUT2D eigenvalue weighted by Crippen LogP contribution is -2.29. The highest BCUT2D eigenvalue weighted by Gasteiger charge is 2.42. The number of hydrogen-bond donors (Lipinski definition) is 3. The summed E-state index contributed by atoms with van der Waals surface area (Å²) in [5, 5.41) is 13.0. The topological polar surface area (TPSA) is 125 Å². The first kappa shape index (κ1) is 24.5. The summed E-state index contributed by atoms with van der Waals surface area (Å²) in [5.41, 5.74) is 2.88. The zero-order valence-corrected chi connectivity index (χ0v) is 21.2. The summed E-state index contributed by atoms with van der Waals surface area (Å²) in [6, 6.07) is 22.0. The second-order valence-electron chi connectivity index (χ2n) is 8.50. The van der Waals surface area contributed by atoms with Crippen molar-refractivity contribution in [2.24, 2.45) is 0 Å². The van der Waals surface area contributed by atoms with E-state index in [-0.39, 0.29) is 11.6 Å². The molecule has 1 aliphatic rings. The molecule has 1 fully saturated rings. The van der Waals surface area contributed by atoms with Crippen LogP contribution in [0.25, 0.3) is 11.3 Å². The molecule has 5 rings (SSSR count). The Morgan fingerprint density at radius 2 is 1.78 bits per heavy atom. The summed E-state index contributed by atoms with van der Waals surface area (Å²) in [7, 11) is -3.41. The molecule has 11 heteroatoms. The van der Waals surface area contributed by atoms with Crippen LogP contribution in [0.15, 0.2) is 89.5 Å². The van der Waals surface area contributed by atoms with E-state index in [2.05, 4.69) is 15.0 Å². The Kier molecular flexibility index (Phi) is 6.40. The lowest BCUT2D eigenvalue weighted by molar-refractivity contribution is 0.0697. The molecule has 37 heavy (non-hydrogen) atoms. The number of nitrogens with one attached hydrogen (secondary N) is 2. The molecule has 0 radical (unpaired) electrons. The molecule has 0 bridgehead atoms. The van der Waals surface area contributed by atoms with Gasteiger partial charge in [0.1, 0.15) is 17.6 Å². The van der Waals surface area contributed by atoms with Gasteiger partial charge in [-0.1, -0.05) is 18.2 Å². The molecule has 4 aromatic rings. The monoisotopic (exact) mass is 534 g/mol. The van der Waals surface area contributed by atoms with E-state index in [1.165, 1.54) is 12.1 Å². The lowest BCUT2D eigenvalue weighted by Gasteiger charge is -2.26. The standard InChI is InChI=1S/C26H22N4O5S2/c1-37(33,34)29-18-9-11-19(12-10-18)30-24(23(28-26(30)36)20-4-2-3-15-27-20)22-14-13-21(35-22)16-5-7-17(8-6-16)25(31)32/h2-15,23-24,29H,1H3,(H,28,36)(H,31,32)/t23-,24+/m0/s1. The Balaban J connectivity index is 1.53. The maximum Gasteiger partial charge on any atom is 0.335 e. The molecule has 1 saturated heterocycles. The van der Waals surface area contributed by atoms with Gasteiger partial charge < -0.3 is 19.7 Å². The Hall–Kier alpha value is -4.22. The normalized spacial score (nSPS) is 17.4. The number of aromatic nitrogens is 1. The van der Waals surface area contributed by atoms with Crippen LogP contribution in [-0.4, -0.2) is 35.8 Å². The molecule has 0 amide bonds.